The first-order valence-electron chi connectivity index (χ1n) is 20.3. The molecule has 0 aliphatic rings. The van der Waals surface area contributed by atoms with Crippen molar-refractivity contribution in [1.82, 2.24) is 9.13 Å². The van der Waals surface area contributed by atoms with Gasteiger partial charge < -0.3 is 13.6 Å². The van der Waals surface area contributed by atoms with E-state index in [9.17, 15) is 5.26 Å². The molecule has 0 unspecified atom stereocenters. The summed E-state index contributed by atoms with van der Waals surface area (Å²) in [4.78, 5) is 0. The zero-order valence-corrected chi connectivity index (χ0v) is 33.5. The van der Waals surface area contributed by atoms with Gasteiger partial charge in [0.05, 0.1) is 33.7 Å². The molecule has 0 amide bonds. The first-order chi connectivity index (χ1) is 29.7. The summed E-state index contributed by atoms with van der Waals surface area (Å²) in [6.07, 6.45) is 0. The molecule has 0 saturated heterocycles. The zero-order valence-electron chi connectivity index (χ0n) is 32.5. The Bertz CT molecular complexity index is 3640. The molecule has 0 atom stereocenters. The van der Waals surface area contributed by atoms with E-state index < -0.39 is 8.07 Å². The van der Waals surface area contributed by atoms with Crippen molar-refractivity contribution in [3.8, 4) is 17.4 Å². The van der Waals surface area contributed by atoms with Crippen LogP contribution in [0.2, 0.25) is 0 Å². The molecule has 12 aromatic rings. The van der Waals surface area contributed by atoms with Crippen molar-refractivity contribution in [2.75, 3.05) is 0 Å². The van der Waals surface area contributed by atoms with Gasteiger partial charge in [0, 0.05) is 49.8 Å². The van der Waals surface area contributed by atoms with Gasteiger partial charge in [0.15, 0.2) is 8.07 Å². The number of nitriles is 1. The molecule has 60 heavy (non-hydrogen) atoms. The fraction of sp³-hybridized carbons (Fsp3) is 0. The van der Waals surface area contributed by atoms with Crippen molar-refractivity contribution in [3.05, 3.63) is 218 Å². The van der Waals surface area contributed by atoms with Crippen LogP contribution in [0.3, 0.4) is 0 Å². The highest BCUT2D eigenvalue weighted by molar-refractivity contribution is 7.20. The van der Waals surface area contributed by atoms with Gasteiger partial charge in [-0.15, -0.1) is 0 Å². The summed E-state index contributed by atoms with van der Waals surface area (Å²) in [6, 6.07) is 79.2. The average Bonchev–Trinajstić information content (AvgIpc) is 3.96. The van der Waals surface area contributed by atoms with Gasteiger partial charge in [-0.3, -0.25) is 0 Å². The lowest BCUT2D eigenvalue weighted by molar-refractivity contribution is 0.669. The minimum Gasteiger partial charge on any atom is -0.456 e. The van der Waals surface area contributed by atoms with E-state index in [0.29, 0.717) is 5.56 Å². The molecule has 0 radical (unpaired) electrons. The van der Waals surface area contributed by atoms with Gasteiger partial charge in [0.1, 0.15) is 11.2 Å². The zero-order chi connectivity index (χ0) is 39.8. The lowest BCUT2D eigenvalue weighted by Gasteiger charge is -2.35. The van der Waals surface area contributed by atoms with E-state index in [1.165, 1.54) is 31.5 Å². The van der Waals surface area contributed by atoms with Crippen LogP contribution in [-0.4, -0.2) is 17.2 Å². The van der Waals surface area contributed by atoms with Crippen molar-refractivity contribution < 1.29 is 4.42 Å². The molecule has 280 valence electrons. The maximum absolute atomic E-state index is 9.84. The van der Waals surface area contributed by atoms with Gasteiger partial charge in [0.2, 0.25) is 0 Å². The molecule has 0 aliphatic carbocycles. The van der Waals surface area contributed by atoms with E-state index in [1.807, 2.05) is 24.3 Å². The predicted molar refractivity (Wildman–Crippen MR) is 251 cm³/mol. The number of hydrogen-bond donors (Lipinski definition) is 0. The van der Waals surface area contributed by atoms with Gasteiger partial charge in [-0.25, -0.2) is 0 Å². The highest BCUT2D eigenvalue weighted by Crippen LogP contribution is 2.38. The van der Waals surface area contributed by atoms with Gasteiger partial charge in [-0.1, -0.05) is 140 Å². The monoisotopic (exact) mass is 781 g/mol. The average molecular weight is 782 g/mol. The van der Waals surface area contributed by atoms with Gasteiger partial charge in [-0.2, -0.15) is 5.26 Å². The second-order valence-corrected chi connectivity index (χ2v) is 19.4. The minimum absolute atomic E-state index is 0.656. The van der Waals surface area contributed by atoms with Crippen LogP contribution in [0.25, 0.3) is 76.9 Å². The molecule has 0 N–H and O–H groups in total. The van der Waals surface area contributed by atoms with E-state index in [1.54, 1.807) is 0 Å². The molecule has 0 spiro atoms. The standard InChI is InChI=1S/C55H35N3OSi/c56-36-37-29-30-52-47(31-37)44-23-7-10-26-50(44)57(52)38-15-13-21-42(32-38)60(40-17-3-1-4-18-40,41-19-5-2-6-20-41)43-22-14-16-39(33-43)58-51-27-11-8-24-45(51)48-34-49-46-25-9-12-28-54(46)59-55(49)35-53(48)58/h1-35H. The van der Waals surface area contributed by atoms with Crippen molar-refractivity contribution in [2.24, 2.45) is 0 Å². The quantitative estimate of drug-likeness (QED) is 0.125. The van der Waals surface area contributed by atoms with E-state index in [2.05, 4.69) is 203 Å². The van der Waals surface area contributed by atoms with Crippen LogP contribution in [0.5, 0.6) is 0 Å². The number of nitrogens with zero attached hydrogens (tertiary/aromatic N) is 3. The van der Waals surface area contributed by atoms with E-state index in [-0.39, 0.29) is 0 Å². The van der Waals surface area contributed by atoms with Crippen LogP contribution in [0.1, 0.15) is 5.56 Å². The maximum atomic E-state index is 9.84. The number of para-hydroxylation sites is 3. The Labute approximate surface area is 347 Å². The molecule has 4 nitrogen and oxygen atoms in total. The third-order valence-electron chi connectivity index (χ3n) is 12.5. The van der Waals surface area contributed by atoms with Crippen molar-refractivity contribution in [1.29, 1.82) is 5.26 Å². The molecule has 0 saturated carbocycles. The summed E-state index contributed by atoms with van der Waals surface area (Å²) in [5.74, 6) is 0. The number of hydrogen-bond acceptors (Lipinski definition) is 2. The molecule has 12 rings (SSSR count). The third kappa shape index (κ3) is 4.95. The van der Waals surface area contributed by atoms with Crippen LogP contribution in [0.15, 0.2) is 217 Å². The maximum Gasteiger partial charge on any atom is 0.179 e. The Morgan fingerprint density at radius 2 is 0.850 bits per heavy atom. The number of benzene rings is 9. The SMILES string of the molecule is N#Cc1ccc2c(c1)c1ccccc1n2-c1cccc([Si](c2ccccc2)(c2ccccc2)c2cccc(-n3c4ccccc4c4cc5c(cc43)oc3ccccc35)c2)c1. The Morgan fingerprint density at radius 1 is 0.350 bits per heavy atom. The van der Waals surface area contributed by atoms with Crippen LogP contribution in [0.4, 0.5) is 0 Å². The number of aromatic nitrogens is 2. The van der Waals surface area contributed by atoms with Gasteiger partial charge in [0.25, 0.3) is 0 Å². The van der Waals surface area contributed by atoms with Gasteiger partial charge >= 0.3 is 0 Å². The first-order valence-corrected chi connectivity index (χ1v) is 22.3. The number of fused-ring (bicyclic) bond motifs is 9. The molecule has 0 fully saturated rings. The van der Waals surface area contributed by atoms with E-state index >= 15 is 0 Å². The van der Waals surface area contributed by atoms with Crippen LogP contribution < -0.4 is 20.7 Å². The van der Waals surface area contributed by atoms with Crippen molar-refractivity contribution >= 4 is 94.4 Å². The Kier molecular flexibility index (Phi) is 7.58. The normalized spacial score (nSPS) is 12.0. The Balaban J connectivity index is 1.14. The lowest BCUT2D eigenvalue weighted by atomic mass is 10.1. The molecular weight excluding hydrogens is 747 g/mol. The molecule has 9 aromatic carbocycles. The summed E-state index contributed by atoms with van der Waals surface area (Å²) < 4.78 is 11.3. The summed E-state index contributed by atoms with van der Waals surface area (Å²) in [5, 5.41) is 21.9. The highest BCUT2D eigenvalue weighted by atomic mass is 28.3. The molecule has 0 bridgehead atoms. The second-order valence-electron chi connectivity index (χ2n) is 15.6. The minimum atomic E-state index is -3.03. The molecule has 3 aromatic heterocycles. The summed E-state index contributed by atoms with van der Waals surface area (Å²) in [6.45, 7) is 0. The third-order valence-corrected chi connectivity index (χ3v) is 17.2. The van der Waals surface area contributed by atoms with Crippen molar-refractivity contribution in [2.45, 2.75) is 0 Å². The molecule has 5 heteroatoms. The Morgan fingerprint density at radius 3 is 1.47 bits per heavy atom. The highest BCUT2D eigenvalue weighted by Gasteiger charge is 2.42. The number of furan rings is 1. The van der Waals surface area contributed by atoms with Gasteiger partial charge in [-0.05, 0) is 87.5 Å². The fourth-order valence-corrected chi connectivity index (χ4v) is 14.7. The summed E-state index contributed by atoms with van der Waals surface area (Å²) in [7, 11) is -3.03. The van der Waals surface area contributed by atoms with Crippen LogP contribution in [0, 0.1) is 11.3 Å². The smallest absolute Gasteiger partial charge is 0.179 e. The summed E-state index contributed by atoms with van der Waals surface area (Å²) in [5.41, 5.74) is 9.07. The second kappa shape index (κ2) is 13.3. The summed E-state index contributed by atoms with van der Waals surface area (Å²) >= 11 is 0. The molecule has 3 heterocycles. The lowest BCUT2D eigenvalue weighted by Crippen LogP contribution is -2.74. The van der Waals surface area contributed by atoms with E-state index in [0.717, 1.165) is 66.2 Å². The first kappa shape index (κ1) is 34.2. The fourth-order valence-electron chi connectivity index (χ4n) is 9.92. The molecule has 0 aliphatic heterocycles. The Hall–Kier alpha value is -7.91. The van der Waals surface area contributed by atoms with Crippen LogP contribution >= 0.6 is 0 Å². The largest absolute Gasteiger partial charge is 0.456 e. The van der Waals surface area contributed by atoms with Crippen molar-refractivity contribution in [3.63, 3.8) is 0 Å². The van der Waals surface area contributed by atoms with E-state index in [4.69, 9.17) is 4.42 Å². The van der Waals surface area contributed by atoms with Crippen LogP contribution in [-0.2, 0) is 0 Å². The topological polar surface area (TPSA) is 46.8 Å². The predicted octanol–water partition coefficient (Wildman–Crippen LogP) is 11.0. The molecular formula is C55H35N3OSi. The number of rotatable bonds is 6.